The van der Waals surface area contributed by atoms with Crippen LogP contribution in [-0.4, -0.2) is 5.78 Å². The molecule has 0 amide bonds. The average Bonchev–Trinajstić information content (AvgIpc) is 2.56. The van der Waals surface area contributed by atoms with E-state index in [0.29, 0.717) is 6.42 Å². The summed E-state index contributed by atoms with van der Waals surface area (Å²) in [4.78, 5) is 11.0. The van der Waals surface area contributed by atoms with Crippen LogP contribution in [0.3, 0.4) is 0 Å². The molecule has 14 heavy (non-hydrogen) atoms. The monoisotopic (exact) mass is 250 g/mol. The van der Waals surface area contributed by atoms with E-state index in [-0.39, 0.29) is 5.78 Å². The van der Waals surface area contributed by atoms with E-state index in [1.54, 1.807) is 6.08 Å². The first-order valence-corrected chi connectivity index (χ1v) is 5.51. The maximum absolute atomic E-state index is 11.0. The molecule has 0 heterocycles. The largest absolute Gasteiger partial charge is 0.295 e. The first kappa shape index (κ1) is 9.66. The van der Waals surface area contributed by atoms with Crippen molar-refractivity contribution in [1.29, 1.82) is 0 Å². The number of carbonyl (C=O) groups excluding carboxylic acids is 1. The van der Waals surface area contributed by atoms with E-state index >= 15 is 0 Å². The summed E-state index contributed by atoms with van der Waals surface area (Å²) in [6.07, 6.45) is 4.31. The first-order chi connectivity index (χ1) is 6.75. The molecule has 2 heteroatoms. The minimum absolute atomic E-state index is 0.270. The molecule has 0 unspecified atom stereocenters. The van der Waals surface area contributed by atoms with Gasteiger partial charge in [-0.15, -0.1) is 0 Å². The number of ketones is 1. The molecule has 1 aliphatic rings. The van der Waals surface area contributed by atoms with Crippen LogP contribution in [0.25, 0.3) is 0 Å². The van der Waals surface area contributed by atoms with Gasteiger partial charge >= 0.3 is 0 Å². The number of halogens is 1. The molecule has 72 valence electrons. The molecule has 0 fully saturated rings. The Balaban J connectivity index is 2.15. The number of hydrogen-bond acceptors (Lipinski definition) is 1. The predicted molar refractivity (Wildman–Crippen MR) is 60.2 cm³/mol. The van der Waals surface area contributed by atoms with Crippen molar-refractivity contribution in [2.75, 3.05) is 0 Å². The van der Waals surface area contributed by atoms with Crippen LogP contribution in [0.15, 0.2) is 40.4 Å². The Bertz CT molecular complexity index is 393. The molecule has 0 aromatic heterocycles. The maximum Gasteiger partial charge on any atom is 0.155 e. The number of benzene rings is 1. The normalized spacial score (nSPS) is 15.8. The van der Waals surface area contributed by atoms with Gasteiger partial charge in [0.05, 0.1) is 0 Å². The Morgan fingerprint density at radius 3 is 2.64 bits per heavy atom. The molecule has 0 bridgehead atoms. The molecule has 0 N–H and O–H groups in total. The fraction of sp³-hybridized carbons (Fsp3) is 0.250. The van der Waals surface area contributed by atoms with Crippen LogP contribution in [0.4, 0.5) is 0 Å². The Morgan fingerprint density at radius 1 is 1.21 bits per heavy atom. The van der Waals surface area contributed by atoms with Crippen LogP contribution in [0.2, 0.25) is 0 Å². The summed E-state index contributed by atoms with van der Waals surface area (Å²) in [5.74, 6) is 0.270. The number of allylic oxidation sites excluding steroid dienone is 2. The van der Waals surface area contributed by atoms with Crippen LogP contribution in [0, 0.1) is 0 Å². The molecule has 1 aromatic carbocycles. The van der Waals surface area contributed by atoms with Crippen molar-refractivity contribution >= 4 is 21.7 Å². The minimum Gasteiger partial charge on any atom is -0.295 e. The molecule has 0 saturated heterocycles. The Labute approximate surface area is 92.0 Å². The lowest BCUT2D eigenvalue weighted by Crippen LogP contribution is -1.88. The quantitative estimate of drug-likeness (QED) is 0.788. The van der Waals surface area contributed by atoms with E-state index in [0.717, 1.165) is 17.3 Å². The van der Waals surface area contributed by atoms with Crippen LogP contribution in [-0.2, 0) is 11.2 Å². The van der Waals surface area contributed by atoms with Crippen molar-refractivity contribution in [3.63, 3.8) is 0 Å². The van der Waals surface area contributed by atoms with Gasteiger partial charge in [-0.25, -0.2) is 0 Å². The van der Waals surface area contributed by atoms with Gasteiger partial charge < -0.3 is 0 Å². The van der Waals surface area contributed by atoms with E-state index in [1.165, 1.54) is 11.1 Å². The summed E-state index contributed by atoms with van der Waals surface area (Å²) in [6.45, 7) is 0. The van der Waals surface area contributed by atoms with Crippen LogP contribution >= 0.6 is 15.9 Å². The first-order valence-electron chi connectivity index (χ1n) is 4.71. The van der Waals surface area contributed by atoms with E-state index in [9.17, 15) is 4.79 Å². The van der Waals surface area contributed by atoms with E-state index in [2.05, 4.69) is 22.0 Å². The maximum atomic E-state index is 11.0. The van der Waals surface area contributed by atoms with E-state index in [4.69, 9.17) is 0 Å². The second kappa shape index (κ2) is 4.09. The molecule has 1 aliphatic carbocycles. The minimum atomic E-state index is 0.270. The van der Waals surface area contributed by atoms with Gasteiger partial charge in [0.25, 0.3) is 0 Å². The highest BCUT2D eigenvalue weighted by Crippen LogP contribution is 2.24. The topological polar surface area (TPSA) is 17.1 Å². The molecular weight excluding hydrogens is 240 g/mol. The lowest BCUT2D eigenvalue weighted by atomic mass is 10.1. The predicted octanol–water partition coefficient (Wildman–Crippen LogP) is 3.28. The lowest BCUT2D eigenvalue weighted by Gasteiger charge is -2.03. The summed E-state index contributed by atoms with van der Waals surface area (Å²) in [5, 5.41) is 0. The molecule has 0 spiro atoms. The third-order valence-electron chi connectivity index (χ3n) is 2.43. The molecule has 0 saturated carbocycles. The smallest absolute Gasteiger partial charge is 0.155 e. The van der Waals surface area contributed by atoms with Crippen LogP contribution < -0.4 is 0 Å². The summed E-state index contributed by atoms with van der Waals surface area (Å²) in [5.41, 5.74) is 2.51. The van der Waals surface area contributed by atoms with Crippen molar-refractivity contribution in [2.45, 2.75) is 19.3 Å². The molecular formula is C12H11BrO. The third kappa shape index (κ3) is 2.13. The Kier molecular flexibility index (Phi) is 2.82. The summed E-state index contributed by atoms with van der Waals surface area (Å²) < 4.78 is 1.13. The van der Waals surface area contributed by atoms with Gasteiger partial charge in [0.2, 0.25) is 0 Å². The Hall–Kier alpha value is -0.890. The van der Waals surface area contributed by atoms with Crippen molar-refractivity contribution in [3.05, 3.63) is 46.0 Å². The van der Waals surface area contributed by atoms with Crippen molar-refractivity contribution < 1.29 is 4.79 Å². The molecule has 1 nitrogen and oxygen atoms in total. The zero-order chi connectivity index (χ0) is 9.97. The van der Waals surface area contributed by atoms with Gasteiger partial charge in [-0.1, -0.05) is 39.7 Å². The summed E-state index contributed by atoms with van der Waals surface area (Å²) in [7, 11) is 0. The van der Waals surface area contributed by atoms with Gasteiger partial charge in [-0.3, -0.25) is 4.79 Å². The Morgan fingerprint density at radius 2 is 2.00 bits per heavy atom. The van der Waals surface area contributed by atoms with Crippen molar-refractivity contribution in [2.24, 2.45) is 0 Å². The van der Waals surface area contributed by atoms with Crippen LogP contribution in [0.5, 0.6) is 0 Å². The second-order valence-electron chi connectivity index (χ2n) is 3.54. The highest BCUT2D eigenvalue weighted by molar-refractivity contribution is 9.10. The molecule has 0 atom stereocenters. The second-order valence-corrected chi connectivity index (χ2v) is 4.39. The highest BCUT2D eigenvalue weighted by atomic mass is 79.9. The summed E-state index contributed by atoms with van der Waals surface area (Å²) in [6, 6.07) is 8.15. The van der Waals surface area contributed by atoms with Crippen molar-refractivity contribution in [3.8, 4) is 0 Å². The lowest BCUT2D eigenvalue weighted by molar-refractivity contribution is -0.114. The van der Waals surface area contributed by atoms with E-state index in [1.807, 2.05) is 18.2 Å². The molecule has 0 radical (unpaired) electrons. The van der Waals surface area contributed by atoms with Gasteiger partial charge in [-0.05, 0) is 30.5 Å². The van der Waals surface area contributed by atoms with Gasteiger partial charge in [0, 0.05) is 10.9 Å². The van der Waals surface area contributed by atoms with Gasteiger partial charge in [0.1, 0.15) is 0 Å². The highest BCUT2D eigenvalue weighted by Gasteiger charge is 2.12. The van der Waals surface area contributed by atoms with Crippen molar-refractivity contribution in [1.82, 2.24) is 0 Å². The molecule has 2 rings (SSSR count). The fourth-order valence-electron chi connectivity index (χ4n) is 1.68. The SMILES string of the molecule is O=C1C=C(Cc2ccccc2Br)CC1. The zero-order valence-corrected chi connectivity index (χ0v) is 9.38. The molecule has 0 aliphatic heterocycles. The van der Waals surface area contributed by atoms with Gasteiger partial charge in [0.15, 0.2) is 5.78 Å². The standard InChI is InChI=1S/C12H11BrO/c13-12-4-2-1-3-10(12)7-9-5-6-11(14)8-9/h1-4,8H,5-7H2. The van der Waals surface area contributed by atoms with E-state index < -0.39 is 0 Å². The number of hydrogen-bond donors (Lipinski definition) is 0. The average molecular weight is 251 g/mol. The molecule has 1 aromatic rings. The van der Waals surface area contributed by atoms with Gasteiger partial charge in [-0.2, -0.15) is 0 Å². The third-order valence-corrected chi connectivity index (χ3v) is 3.21. The summed E-state index contributed by atoms with van der Waals surface area (Å²) >= 11 is 3.51. The number of rotatable bonds is 2. The fourth-order valence-corrected chi connectivity index (χ4v) is 2.11. The number of carbonyl (C=O) groups is 1. The zero-order valence-electron chi connectivity index (χ0n) is 7.79. The van der Waals surface area contributed by atoms with Crippen LogP contribution in [0.1, 0.15) is 18.4 Å².